The van der Waals surface area contributed by atoms with Gasteiger partial charge >= 0.3 is 6.18 Å². The third kappa shape index (κ3) is 3.47. The smallest absolute Gasteiger partial charge is 0.419 e. The third-order valence-corrected chi connectivity index (χ3v) is 2.95. The number of carbonyl (C=O) groups is 1. The van der Waals surface area contributed by atoms with E-state index in [1.165, 1.54) is 18.2 Å². The van der Waals surface area contributed by atoms with E-state index in [2.05, 4.69) is 0 Å². The van der Waals surface area contributed by atoms with Crippen molar-refractivity contribution in [2.75, 3.05) is 19.8 Å². The zero-order valence-electron chi connectivity index (χ0n) is 10.1. The molecule has 0 spiro atoms. The lowest BCUT2D eigenvalue weighted by atomic mass is 10.0. The van der Waals surface area contributed by atoms with Crippen LogP contribution in [0.4, 0.5) is 13.2 Å². The second-order valence-corrected chi connectivity index (χ2v) is 4.31. The molecule has 0 bridgehead atoms. The number of Topliss-reactive ketones (excluding diaryl/α,β-unsaturated/α-hetero) is 1. The molecule has 1 saturated heterocycles. The minimum absolute atomic E-state index is 0.227. The fourth-order valence-corrected chi connectivity index (χ4v) is 1.88. The number of halogens is 3. The number of ketones is 1. The maximum Gasteiger partial charge on any atom is 0.419 e. The fraction of sp³-hybridized carbons (Fsp3) is 0.462. The number of benzene rings is 1. The van der Waals surface area contributed by atoms with E-state index in [1.54, 1.807) is 0 Å². The van der Waals surface area contributed by atoms with E-state index in [0.29, 0.717) is 19.6 Å². The first-order valence-corrected chi connectivity index (χ1v) is 5.88. The Labute approximate surface area is 108 Å². The third-order valence-electron chi connectivity index (χ3n) is 2.95. The highest BCUT2D eigenvalue weighted by molar-refractivity contribution is 5.82. The number of rotatable bonds is 4. The first kappa shape index (κ1) is 13.9. The van der Waals surface area contributed by atoms with Gasteiger partial charge in [-0.15, -0.1) is 0 Å². The molecule has 1 fully saturated rings. The fourth-order valence-electron chi connectivity index (χ4n) is 1.88. The Kier molecular flexibility index (Phi) is 4.09. The molecule has 1 aromatic rings. The molecule has 3 nitrogen and oxygen atoms in total. The molecular formula is C13H13F3O3. The molecule has 1 heterocycles. The Morgan fingerprint density at radius 1 is 1.37 bits per heavy atom. The lowest BCUT2D eigenvalue weighted by molar-refractivity contribution is -0.139. The van der Waals surface area contributed by atoms with Gasteiger partial charge in [0.15, 0.2) is 5.78 Å². The second kappa shape index (κ2) is 5.61. The molecule has 0 amide bonds. The van der Waals surface area contributed by atoms with Crippen molar-refractivity contribution in [3.8, 4) is 5.75 Å². The molecule has 1 aromatic carbocycles. The van der Waals surface area contributed by atoms with Gasteiger partial charge in [0.05, 0.1) is 12.2 Å². The molecule has 19 heavy (non-hydrogen) atoms. The molecule has 0 radical (unpaired) electrons. The van der Waals surface area contributed by atoms with E-state index in [4.69, 9.17) is 9.47 Å². The Hall–Kier alpha value is -1.56. The van der Waals surface area contributed by atoms with Crippen molar-refractivity contribution in [2.24, 2.45) is 5.92 Å². The van der Waals surface area contributed by atoms with Gasteiger partial charge in [-0.3, -0.25) is 4.79 Å². The number of carbonyl (C=O) groups excluding carboxylic acids is 1. The first-order chi connectivity index (χ1) is 8.98. The van der Waals surface area contributed by atoms with Crippen LogP contribution in [0.25, 0.3) is 0 Å². The Morgan fingerprint density at radius 2 is 2.11 bits per heavy atom. The van der Waals surface area contributed by atoms with Crippen LogP contribution in [-0.4, -0.2) is 25.6 Å². The van der Waals surface area contributed by atoms with Crippen molar-refractivity contribution in [3.05, 3.63) is 29.8 Å². The van der Waals surface area contributed by atoms with Gasteiger partial charge in [0.25, 0.3) is 0 Å². The maximum atomic E-state index is 12.7. The van der Waals surface area contributed by atoms with Crippen LogP contribution in [0.2, 0.25) is 0 Å². The number of alkyl halides is 3. The van der Waals surface area contributed by atoms with Crippen LogP contribution >= 0.6 is 0 Å². The van der Waals surface area contributed by atoms with Crippen molar-refractivity contribution < 1.29 is 27.4 Å². The number of ether oxygens (including phenoxy) is 2. The average Bonchev–Trinajstić information content (AvgIpc) is 2.89. The van der Waals surface area contributed by atoms with Gasteiger partial charge in [-0.2, -0.15) is 13.2 Å². The van der Waals surface area contributed by atoms with Crippen LogP contribution in [-0.2, 0) is 15.7 Å². The van der Waals surface area contributed by atoms with Crippen LogP contribution in [0.3, 0.4) is 0 Å². The topological polar surface area (TPSA) is 35.5 Å². The monoisotopic (exact) mass is 274 g/mol. The molecular weight excluding hydrogens is 261 g/mol. The van der Waals surface area contributed by atoms with E-state index in [0.717, 1.165) is 6.07 Å². The summed E-state index contributed by atoms with van der Waals surface area (Å²) in [6.45, 7) is 0.472. The van der Waals surface area contributed by atoms with Gasteiger partial charge in [-0.25, -0.2) is 0 Å². The van der Waals surface area contributed by atoms with Crippen molar-refractivity contribution in [3.63, 3.8) is 0 Å². The summed E-state index contributed by atoms with van der Waals surface area (Å²) in [4.78, 5) is 11.7. The van der Waals surface area contributed by atoms with Crippen molar-refractivity contribution >= 4 is 5.78 Å². The van der Waals surface area contributed by atoms with E-state index in [1.807, 2.05) is 0 Å². The lowest BCUT2D eigenvalue weighted by Gasteiger charge is -2.14. The van der Waals surface area contributed by atoms with Crippen LogP contribution in [0.5, 0.6) is 5.75 Å². The lowest BCUT2D eigenvalue weighted by Crippen LogP contribution is -2.22. The van der Waals surface area contributed by atoms with E-state index < -0.39 is 11.7 Å². The molecule has 0 aliphatic carbocycles. The number of hydrogen-bond donors (Lipinski definition) is 0. The molecule has 0 N–H and O–H groups in total. The Morgan fingerprint density at radius 3 is 2.74 bits per heavy atom. The number of para-hydroxylation sites is 1. The zero-order chi connectivity index (χ0) is 13.9. The molecule has 0 saturated carbocycles. The standard InChI is InChI=1S/C13H13F3O3/c14-13(15,16)10-3-1-2-4-12(10)19-8-11(17)9-5-6-18-7-9/h1-4,9H,5-8H2. The molecule has 104 valence electrons. The SMILES string of the molecule is O=C(COc1ccccc1C(F)(F)F)C1CCOC1. The molecule has 1 aliphatic rings. The molecule has 2 rings (SSSR count). The molecule has 1 unspecified atom stereocenters. The van der Waals surface area contributed by atoms with Crippen molar-refractivity contribution in [1.82, 2.24) is 0 Å². The summed E-state index contributed by atoms with van der Waals surface area (Å²) in [7, 11) is 0. The zero-order valence-corrected chi connectivity index (χ0v) is 10.1. The Bertz CT molecular complexity index is 451. The summed E-state index contributed by atoms with van der Waals surface area (Å²) in [6.07, 6.45) is -3.89. The highest BCUT2D eigenvalue weighted by Crippen LogP contribution is 2.35. The van der Waals surface area contributed by atoms with Crippen LogP contribution in [0, 0.1) is 5.92 Å². The van der Waals surface area contributed by atoms with Gasteiger partial charge in [0.2, 0.25) is 0 Å². The predicted octanol–water partition coefficient (Wildman–Crippen LogP) is 2.69. The largest absolute Gasteiger partial charge is 0.485 e. The van der Waals surface area contributed by atoms with Crippen LogP contribution in [0.1, 0.15) is 12.0 Å². The molecule has 0 aromatic heterocycles. The molecule has 6 heteroatoms. The van der Waals surface area contributed by atoms with Crippen LogP contribution in [0.15, 0.2) is 24.3 Å². The predicted molar refractivity (Wildman–Crippen MR) is 60.9 cm³/mol. The summed E-state index contributed by atoms with van der Waals surface area (Å²) in [5.74, 6) is -0.810. The first-order valence-electron chi connectivity index (χ1n) is 5.88. The van der Waals surface area contributed by atoms with Crippen molar-refractivity contribution in [2.45, 2.75) is 12.6 Å². The summed E-state index contributed by atoms with van der Waals surface area (Å²) < 4.78 is 48.1. The van der Waals surface area contributed by atoms with E-state index >= 15 is 0 Å². The highest BCUT2D eigenvalue weighted by Gasteiger charge is 2.34. The quantitative estimate of drug-likeness (QED) is 0.846. The Balaban J connectivity index is 2.01. The van der Waals surface area contributed by atoms with Gasteiger partial charge in [-0.1, -0.05) is 12.1 Å². The normalized spacial score (nSPS) is 19.4. The molecule has 1 aliphatic heterocycles. The minimum atomic E-state index is -4.49. The summed E-state index contributed by atoms with van der Waals surface area (Å²) >= 11 is 0. The summed E-state index contributed by atoms with van der Waals surface area (Å²) in [5, 5.41) is 0. The second-order valence-electron chi connectivity index (χ2n) is 4.31. The molecule has 1 atom stereocenters. The highest BCUT2D eigenvalue weighted by atomic mass is 19.4. The van der Waals surface area contributed by atoms with Crippen LogP contribution < -0.4 is 4.74 Å². The van der Waals surface area contributed by atoms with Gasteiger partial charge in [0.1, 0.15) is 12.4 Å². The number of hydrogen-bond acceptors (Lipinski definition) is 3. The van der Waals surface area contributed by atoms with Gasteiger partial charge in [-0.05, 0) is 18.6 Å². The maximum absolute atomic E-state index is 12.7. The summed E-state index contributed by atoms with van der Waals surface area (Å²) in [6, 6.07) is 4.86. The van der Waals surface area contributed by atoms with Crippen molar-refractivity contribution in [1.29, 1.82) is 0 Å². The van der Waals surface area contributed by atoms with E-state index in [9.17, 15) is 18.0 Å². The minimum Gasteiger partial charge on any atom is -0.485 e. The van der Waals surface area contributed by atoms with E-state index in [-0.39, 0.29) is 24.1 Å². The average molecular weight is 274 g/mol. The van der Waals surface area contributed by atoms with Gasteiger partial charge < -0.3 is 9.47 Å². The van der Waals surface area contributed by atoms with Gasteiger partial charge in [0, 0.05) is 12.5 Å². The summed E-state index contributed by atoms with van der Waals surface area (Å²) in [5.41, 5.74) is -0.870.